The highest BCUT2D eigenvalue weighted by atomic mass is 35.5. The molecule has 0 aliphatic carbocycles. The third kappa shape index (κ3) is 5.44. The summed E-state index contributed by atoms with van der Waals surface area (Å²) >= 11 is 6.04. The second kappa shape index (κ2) is 7.31. The number of pyridine rings is 1. The largest absolute Gasteiger partial charge is 0.476 e. The Labute approximate surface area is 117 Å². The number of halogens is 1. The summed E-state index contributed by atoms with van der Waals surface area (Å²) in [6.45, 7) is 6.29. The van der Waals surface area contributed by atoms with Crippen molar-refractivity contribution in [1.82, 2.24) is 10.3 Å². The number of carbonyl (C=O) groups excluding carboxylic acids is 1. The number of carbonyl (C=O) groups is 1. The summed E-state index contributed by atoms with van der Waals surface area (Å²) in [7, 11) is 0. The summed E-state index contributed by atoms with van der Waals surface area (Å²) in [5, 5.41) is 12.0. The fourth-order valence-electron chi connectivity index (χ4n) is 1.25. The molecule has 0 aliphatic heterocycles. The topological polar surface area (TPSA) is 71.5 Å². The number of aliphatic hydroxyl groups excluding tert-OH is 1. The van der Waals surface area contributed by atoms with Gasteiger partial charge in [-0.1, -0.05) is 25.4 Å². The van der Waals surface area contributed by atoms with Crippen molar-refractivity contribution in [1.29, 1.82) is 0 Å². The van der Waals surface area contributed by atoms with E-state index in [4.69, 9.17) is 21.4 Å². The Balaban J connectivity index is 2.59. The molecule has 1 amide bonds. The average Bonchev–Trinajstić information content (AvgIpc) is 2.34. The highest BCUT2D eigenvalue weighted by Gasteiger charge is 2.10. The first-order valence-corrected chi connectivity index (χ1v) is 6.51. The fourth-order valence-corrected chi connectivity index (χ4v) is 1.49. The van der Waals surface area contributed by atoms with Crippen LogP contribution >= 0.6 is 11.6 Å². The van der Waals surface area contributed by atoms with Gasteiger partial charge in [0.25, 0.3) is 0 Å². The maximum absolute atomic E-state index is 11.2. The van der Waals surface area contributed by atoms with Crippen LogP contribution in [0.3, 0.4) is 0 Å². The zero-order valence-corrected chi connectivity index (χ0v) is 12.1. The van der Waals surface area contributed by atoms with Crippen LogP contribution in [-0.2, 0) is 11.3 Å². The van der Waals surface area contributed by atoms with Gasteiger partial charge in [-0.2, -0.15) is 0 Å². The van der Waals surface area contributed by atoms with E-state index in [0.717, 1.165) is 5.56 Å². The summed E-state index contributed by atoms with van der Waals surface area (Å²) in [6, 6.07) is 1.69. The first-order valence-electron chi connectivity index (χ1n) is 6.13. The SMILES string of the molecule is CC(C)COc1ncc(CNC(=O)C(C)O)cc1Cl. The summed E-state index contributed by atoms with van der Waals surface area (Å²) in [6.07, 6.45) is 0.557. The van der Waals surface area contributed by atoms with E-state index in [2.05, 4.69) is 10.3 Å². The van der Waals surface area contributed by atoms with E-state index in [9.17, 15) is 4.79 Å². The number of hydrogen-bond acceptors (Lipinski definition) is 4. The summed E-state index contributed by atoms with van der Waals surface area (Å²) < 4.78 is 5.45. The van der Waals surface area contributed by atoms with Gasteiger partial charge in [0.1, 0.15) is 11.1 Å². The van der Waals surface area contributed by atoms with Gasteiger partial charge in [-0.05, 0) is 24.5 Å². The molecule has 0 spiro atoms. The molecule has 0 aromatic carbocycles. The summed E-state index contributed by atoms with van der Waals surface area (Å²) in [5.41, 5.74) is 0.746. The van der Waals surface area contributed by atoms with E-state index in [1.807, 2.05) is 13.8 Å². The lowest BCUT2D eigenvalue weighted by molar-refractivity contribution is -0.128. The van der Waals surface area contributed by atoms with Crippen molar-refractivity contribution in [2.45, 2.75) is 33.4 Å². The van der Waals surface area contributed by atoms with Crippen molar-refractivity contribution in [2.75, 3.05) is 6.61 Å². The normalized spacial score (nSPS) is 12.3. The van der Waals surface area contributed by atoms with Crippen molar-refractivity contribution in [3.8, 4) is 5.88 Å². The third-order valence-electron chi connectivity index (χ3n) is 2.26. The minimum atomic E-state index is -1.03. The van der Waals surface area contributed by atoms with Crippen LogP contribution in [0, 0.1) is 5.92 Å². The Hall–Kier alpha value is -1.33. The van der Waals surface area contributed by atoms with Crippen LogP contribution < -0.4 is 10.1 Å². The van der Waals surface area contributed by atoms with E-state index in [-0.39, 0.29) is 6.54 Å². The Morgan fingerprint density at radius 2 is 2.21 bits per heavy atom. The molecule has 1 rings (SSSR count). The molecule has 0 saturated heterocycles. The number of ether oxygens (including phenoxy) is 1. The summed E-state index contributed by atoms with van der Waals surface area (Å²) in [5.74, 6) is 0.347. The lowest BCUT2D eigenvalue weighted by Crippen LogP contribution is -2.31. The number of rotatable bonds is 6. The highest BCUT2D eigenvalue weighted by molar-refractivity contribution is 6.31. The van der Waals surface area contributed by atoms with Gasteiger partial charge in [-0.25, -0.2) is 4.98 Å². The van der Waals surface area contributed by atoms with Crippen LogP contribution in [0.25, 0.3) is 0 Å². The molecule has 1 aromatic rings. The molecule has 19 heavy (non-hydrogen) atoms. The summed E-state index contributed by atoms with van der Waals surface area (Å²) in [4.78, 5) is 15.3. The minimum Gasteiger partial charge on any atom is -0.476 e. The number of aromatic nitrogens is 1. The monoisotopic (exact) mass is 286 g/mol. The van der Waals surface area contributed by atoms with Gasteiger partial charge in [0, 0.05) is 12.7 Å². The van der Waals surface area contributed by atoms with Crippen molar-refractivity contribution >= 4 is 17.5 Å². The van der Waals surface area contributed by atoms with Crippen LogP contribution in [0.2, 0.25) is 5.02 Å². The number of nitrogens with one attached hydrogen (secondary N) is 1. The Morgan fingerprint density at radius 1 is 1.53 bits per heavy atom. The van der Waals surface area contributed by atoms with E-state index >= 15 is 0 Å². The standard InChI is InChI=1S/C13H19ClN2O3/c1-8(2)7-19-13-11(14)4-10(6-16-13)5-15-12(18)9(3)17/h4,6,8-9,17H,5,7H2,1-3H3,(H,15,18). The zero-order valence-electron chi connectivity index (χ0n) is 11.3. The van der Waals surface area contributed by atoms with Crippen LogP contribution in [-0.4, -0.2) is 28.7 Å². The predicted molar refractivity (Wildman–Crippen MR) is 73.1 cm³/mol. The van der Waals surface area contributed by atoms with Gasteiger partial charge in [0.15, 0.2) is 0 Å². The van der Waals surface area contributed by atoms with Crippen molar-refractivity contribution < 1.29 is 14.6 Å². The quantitative estimate of drug-likeness (QED) is 0.836. The van der Waals surface area contributed by atoms with Gasteiger partial charge >= 0.3 is 0 Å². The molecule has 0 aliphatic rings. The Bertz CT molecular complexity index is 436. The van der Waals surface area contributed by atoms with Crippen LogP contribution in [0.15, 0.2) is 12.3 Å². The third-order valence-corrected chi connectivity index (χ3v) is 2.53. The highest BCUT2D eigenvalue weighted by Crippen LogP contribution is 2.22. The molecule has 1 unspecified atom stereocenters. The van der Waals surface area contributed by atoms with Gasteiger partial charge in [0.05, 0.1) is 6.61 Å². The van der Waals surface area contributed by atoms with Crippen molar-refractivity contribution in [3.05, 3.63) is 22.8 Å². The molecule has 2 N–H and O–H groups in total. The Kier molecular flexibility index (Phi) is 6.05. The molecule has 106 valence electrons. The molecule has 0 saturated carbocycles. The van der Waals surface area contributed by atoms with Crippen LogP contribution in [0.1, 0.15) is 26.3 Å². The molecule has 0 radical (unpaired) electrons. The average molecular weight is 287 g/mol. The second-order valence-electron chi connectivity index (χ2n) is 4.73. The second-order valence-corrected chi connectivity index (χ2v) is 5.14. The fraction of sp³-hybridized carbons (Fsp3) is 0.538. The molecule has 0 fully saturated rings. The lowest BCUT2D eigenvalue weighted by Gasteiger charge is -2.11. The van der Waals surface area contributed by atoms with E-state index in [0.29, 0.717) is 23.4 Å². The maximum atomic E-state index is 11.2. The van der Waals surface area contributed by atoms with Gasteiger partial charge in [-0.15, -0.1) is 0 Å². The van der Waals surface area contributed by atoms with Gasteiger partial charge in [-0.3, -0.25) is 4.79 Å². The Morgan fingerprint density at radius 3 is 2.74 bits per heavy atom. The lowest BCUT2D eigenvalue weighted by atomic mass is 10.2. The first-order chi connectivity index (χ1) is 8.90. The molecular weight excluding hydrogens is 268 g/mol. The molecule has 6 heteroatoms. The van der Waals surface area contributed by atoms with E-state index < -0.39 is 12.0 Å². The van der Waals surface area contributed by atoms with Crippen molar-refractivity contribution in [2.24, 2.45) is 5.92 Å². The molecule has 5 nitrogen and oxygen atoms in total. The smallest absolute Gasteiger partial charge is 0.248 e. The zero-order chi connectivity index (χ0) is 14.4. The van der Waals surface area contributed by atoms with Crippen LogP contribution in [0.4, 0.5) is 0 Å². The maximum Gasteiger partial charge on any atom is 0.248 e. The first kappa shape index (κ1) is 15.7. The molecule has 1 aromatic heterocycles. The minimum absolute atomic E-state index is 0.265. The van der Waals surface area contributed by atoms with Gasteiger partial charge in [0.2, 0.25) is 11.8 Å². The molecule has 1 atom stereocenters. The molecule has 1 heterocycles. The molecular formula is C13H19ClN2O3. The van der Waals surface area contributed by atoms with E-state index in [1.54, 1.807) is 12.3 Å². The number of hydrogen-bond donors (Lipinski definition) is 2. The number of aliphatic hydroxyl groups is 1. The van der Waals surface area contributed by atoms with Crippen LogP contribution in [0.5, 0.6) is 5.88 Å². The predicted octanol–water partition coefficient (Wildman–Crippen LogP) is 1.77. The number of amides is 1. The number of nitrogens with zero attached hydrogens (tertiary/aromatic N) is 1. The molecule has 0 bridgehead atoms. The van der Waals surface area contributed by atoms with Crippen molar-refractivity contribution in [3.63, 3.8) is 0 Å². The van der Waals surface area contributed by atoms with E-state index in [1.165, 1.54) is 6.92 Å². The van der Waals surface area contributed by atoms with Gasteiger partial charge < -0.3 is 15.2 Å².